The van der Waals surface area contributed by atoms with Gasteiger partial charge in [0.2, 0.25) is 5.88 Å². The average Bonchev–Trinajstić information content (AvgIpc) is 2.40. The van der Waals surface area contributed by atoms with Crippen molar-refractivity contribution in [3.63, 3.8) is 0 Å². The molecule has 1 saturated carbocycles. The predicted octanol–water partition coefficient (Wildman–Crippen LogP) is 2.28. The molecule has 4 nitrogen and oxygen atoms in total. The van der Waals surface area contributed by atoms with Gasteiger partial charge in [0.15, 0.2) is 0 Å². The van der Waals surface area contributed by atoms with Gasteiger partial charge in [-0.1, -0.05) is 13.3 Å². The van der Waals surface area contributed by atoms with Crippen molar-refractivity contribution in [2.24, 2.45) is 11.7 Å². The molecular formula is C13H21N3O. The number of nitrogens with two attached hydrogens (primary N) is 1. The van der Waals surface area contributed by atoms with E-state index in [9.17, 15) is 0 Å². The van der Waals surface area contributed by atoms with Crippen LogP contribution in [-0.4, -0.2) is 16.3 Å². The van der Waals surface area contributed by atoms with Gasteiger partial charge in [0, 0.05) is 12.1 Å². The summed E-state index contributed by atoms with van der Waals surface area (Å²) >= 11 is 0. The van der Waals surface area contributed by atoms with E-state index in [1.165, 1.54) is 25.7 Å². The SMILES string of the molecule is CCC1CCCCC1Oc1nnccc1CN. The maximum Gasteiger partial charge on any atom is 0.238 e. The first-order chi connectivity index (χ1) is 8.35. The minimum atomic E-state index is 0.288. The summed E-state index contributed by atoms with van der Waals surface area (Å²) in [4.78, 5) is 0. The molecule has 1 aromatic rings. The third kappa shape index (κ3) is 2.94. The van der Waals surface area contributed by atoms with E-state index < -0.39 is 0 Å². The Labute approximate surface area is 103 Å². The molecule has 0 aliphatic heterocycles. The summed E-state index contributed by atoms with van der Waals surface area (Å²) in [5.74, 6) is 1.27. The number of rotatable bonds is 4. The van der Waals surface area contributed by atoms with E-state index in [0.29, 0.717) is 18.3 Å². The molecule has 2 rings (SSSR count). The highest BCUT2D eigenvalue weighted by Crippen LogP contribution is 2.30. The lowest BCUT2D eigenvalue weighted by molar-refractivity contribution is 0.0837. The van der Waals surface area contributed by atoms with Crippen LogP contribution in [0.4, 0.5) is 0 Å². The van der Waals surface area contributed by atoms with E-state index in [1.807, 2.05) is 6.07 Å². The molecule has 0 amide bonds. The Morgan fingerprint density at radius 3 is 3.00 bits per heavy atom. The second kappa shape index (κ2) is 5.96. The highest BCUT2D eigenvalue weighted by Gasteiger charge is 2.26. The standard InChI is InChI=1S/C13H21N3O/c1-2-10-5-3-4-6-12(10)17-13-11(9-14)7-8-15-16-13/h7-8,10,12H,2-6,9,14H2,1H3. The predicted molar refractivity (Wildman–Crippen MR) is 66.6 cm³/mol. The van der Waals surface area contributed by atoms with Crippen molar-refractivity contribution in [2.45, 2.75) is 51.7 Å². The van der Waals surface area contributed by atoms with Crippen molar-refractivity contribution in [1.82, 2.24) is 10.2 Å². The Bertz CT molecular complexity index is 356. The van der Waals surface area contributed by atoms with Crippen molar-refractivity contribution in [2.75, 3.05) is 0 Å². The smallest absolute Gasteiger partial charge is 0.238 e. The monoisotopic (exact) mass is 235 g/mol. The molecule has 1 aromatic heterocycles. The number of nitrogens with zero attached hydrogens (tertiary/aromatic N) is 2. The highest BCUT2D eigenvalue weighted by molar-refractivity contribution is 5.23. The minimum Gasteiger partial charge on any atom is -0.473 e. The highest BCUT2D eigenvalue weighted by atomic mass is 16.5. The van der Waals surface area contributed by atoms with Crippen LogP contribution in [0.1, 0.15) is 44.6 Å². The molecule has 0 radical (unpaired) electrons. The zero-order chi connectivity index (χ0) is 12.1. The minimum absolute atomic E-state index is 0.288. The van der Waals surface area contributed by atoms with Gasteiger partial charge in [-0.3, -0.25) is 0 Å². The van der Waals surface area contributed by atoms with E-state index in [0.717, 1.165) is 12.0 Å². The van der Waals surface area contributed by atoms with Crippen LogP contribution < -0.4 is 10.5 Å². The summed E-state index contributed by atoms with van der Waals surface area (Å²) in [5, 5.41) is 7.94. The summed E-state index contributed by atoms with van der Waals surface area (Å²) in [6.07, 6.45) is 8.08. The zero-order valence-corrected chi connectivity index (χ0v) is 10.4. The second-order valence-electron chi connectivity index (χ2n) is 4.67. The van der Waals surface area contributed by atoms with Gasteiger partial charge in [0.1, 0.15) is 6.10 Å². The number of hydrogen-bond donors (Lipinski definition) is 1. The Morgan fingerprint density at radius 1 is 1.41 bits per heavy atom. The fourth-order valence-corrected chi connectivity index (χ4v) is 2.54. The van der Waals surface area contributed by atoms with E-state index in [1.54, 1.807) is 6.20 Å². The topological polar surface area (TPSA) is 61.0 Å². The summed E-state index contributed by atoms with van der Waals surface area (Å²) < 4.78 is 6.03. The van der Waals surface area contributed by atoms with E-state index in [2.05, 4.69) is 17.1 Å². The van der Waals surface area contributed by atoms with Crippen LogP contribution in [0.2, 0.25) is 0 Å². The fraction of sp³-hybridized carbons (Fsp3) is 0.692. The summed E-state index contributed by atoms with van der Waals surface area (Å²) in [5.41, 5.74) is 6.62. The first kappa shape index (κ1) is 12.3. The Morgan fingerprint density at radius 2 is 2.24 bits per heavy atom. The van der Waals surface area contributed by atoms with Gasteiger partial charge in [-0.25, -0.2) is 0 Å². The molecule has 4 heteroatoms. The van der Waals surface area contributed by atoms with Crippen molar-refractivity contribution in [3.8, 4) is 5.88 Å². The summed E-state index contributed by atoms with van der Waals surface area (Å²) in [7, 11) is 0. The van der Waals surface area contributed by atoms with Gasteiger partial charge in [0.25, 0.3) is 0 Å². The van der Waals surface area contributed by atoms with E-state index in [4.69, 9.17) is 10.5 Å². The first-order valence-electron chi connectivity index (χ1n) is 6.52. The zero-order valence-electron chi connectivity index (χ0n) is 10.4. The lowest BCUT2D eigenvalue weighted by Crippen LogP contribution is -2.30. The van der Waals surface area contributed by atoms with Crippen LogP contribution in [0.15, 0.2) is 12.3 Å². The summed E-state index contributed by atoms with van der Waals surface area (Å²) in [6, 6.07) is 1.88. The van der Waals surface area contributed by atoms with Crippen molar-refractivity contribution in [1.29, 1.82) is 0 Å². The molecule has 0 bridgehead atoms. The van der Waals surface area contributed by atoms with Crippen molar-refractivity contribution < 1.29 is 4.74 Å². The lowest BCUT2D eigenvalue weighted by atomic mass is 9.85. The molecule has 1 aliphatic carbocycles. The molecule has 0 saturated heterocycles. The molecule has 1 fully saturated rings. The molecule has 2 N–H and O–H groups in total. The van der Waals surface area contributed by atoms with Gasteiger partial charge < -0.3 is 10.5 Å². The second-order valence-corrected chi connectivity index (χ2v) is 4.67. The molecule has 2 atom stereocenters. The van der Waals surface area contributed by atoms with Crippen molar-refractivity contribution >= 4 is 0 Å². The van der Waals surface area contributed by atoms with Crippen LogP contribution in [0, 0.1) is 5.92 Å². The fourth-order valence-electron chi connectivity index (χ4n) is 2.54. The molecule has 94 valence electrons. The van der Waals surface area contributed by atoms with Crippen LogP contribution in [0.25, 0.3) is 0 Å². The van der Waals surface area contributed by atoms with Crippen LogP contribution in [0.3, 0.4) is 0 Å². The first-order valence-corrected chi connectivity index (χ1v) is 6.52. The molecule has 2 unspecified atom stereocenters. The van der Waals surface area contributed by atoms with E-state index >= 15 is 0 Å². The van der Waals surface area contributed by atoms with Gasteiger partial charge in [-0.15, -0.1) is 5.10 Å². The number of aromatic nitrogens is 2. The maximum absolute atomic E-state index is 6.03. The van der Waals surface area contributed by atoms with Crippen molar-refractivity contribution in [3.05, 3.63) is 17.8 Å². The summed E-state index contributed by atoms with van der Waals surface area (Å²) in [6.45, 7) is 2.68. The molecule has 1 heterocycles. The van der Waals surface area contributed by atoms with Crippen LogP contribution in [-0.2, 0) is 6.54 Å². The van der Waals surface area contributed by atoms with Gasteiger partial charge >= 0.3 is 0 Å². The van der Waals surface area contributed by atoms with Gasteiger partial charge in [-0.05, 0) is 37.7 Å². The molecule has 0 aromatic carbocycles. The molecular weight excluding hydrogens is 214 g/mol. The van der Waals surface area contributed by atoms with Gasteiger partial charge in [-0.2, -0.15) is 5.10 Å². The Balaban J connectivity index is 2.08. The maximum atomic E-state index is 6.03. The quantitative estimate of drug-likeness (QED) is 0.869. The van der Waals surface area contributed by atoms with Gasteiger partial charge in [0.05, 0.1) is 6.20 Å². The normalized spacial score (nSPS) is 24.6. The average molecular weight is 235 g/mol. The third-order valence-electron chi connectivity index (χ3n) is 3.61. The molecule has 17 heavy (non-hydrogen) atoms. The molecule has 0 spiro atoms. The van der Waals surface area contributed by atoms with Crippen LogP contribution >= 0.6 is 0 Å². The largest absolute Gasteiger partial charge is 0.473 e. The van der Waals surface area contributed by atoms with Crippen LogP contribution in [0.5, 0.6) is 5.88 Å². The molecule has 1 aliphatic rings. The Hall–Kier alpha value is -1.16. The number of ether oxygens (including phenoxy) is 1. The Kier molecular flexibility index (Phi) is 4.31. The lowest BCUT2D eigenvalue weighted by Gasteiger charge is -2.31. The van der Waals surface area contributed by atoms with E-state index in [-0.39, 0.29) is 6.10 Å². The number of hydrogen-bond acceptors (Lipinski definition) is 4. The third-order valence-corrected chi connectivity index (χ3v) is 3.61.